The van der Waals surface area contributed by atoms with Gasteiger partial charge in [-0.1, -0.05) is 0 Å². The minimum Gasteiger partial charge on any atom is -0.381 e. The molecular formula is C12H14BrN3O. The van der Waals surface area contributed by atoms with Crippen LogP contribution in [0.15, 0.2) is 10.7 Å². The number of hydrogen-bond donors (Lipinski definition) is 1. The van der Waals surface area contributed by atoms with Crippen molar-refractivity contribution in [1.29, 1.82) is 0 Å². The van der Waals surface area contributed by atoms with Crippen molar-refractivity contribution in [2.75, 3.05) is 13.2 Å². The fraction of sp³-hybridized carbons (Fsp3) is 0.500. The van der Waals surface area contributed by atoms with Crippen LogP contribution in [0.25, 0.3) is 11.0 Å². The molecule has 2 aromatic rings. The van der Waals surface area contributed by atoms with Crippen LogP contribution in [0.5, 0.6) is 0 Å². The van der Waals surface area contributed by atoms with Gasteiger partial charge in [-0.15, -0.1) is 0 Å². The van der Waals surface area contributed by atoms with E-state index in [2.05, 4.69) is 30.9 Å². The zero-order valence-corrected chi connectivity index (χ0v) is 11.2. The predicted molar refractivity (Wildman–Crippen MR) is 69.1 cm³/mol. The molecule has 1 fully saturated rings. The lowest BCUT2D eigenvalue weighted by Gasteiger charge is -2.22. The number of aryl methyl sites for hydroxylation is 1. The summed E-state index contributed by atoms with van der Waals surface area (Å²) < 4.78 is 6.46. The lowest BCUT2D eigenvalue weighted by Crippen LogP contribution is -2.16. The molecule has 5 heteroatoms. The van der Waals surface area contributed by atoms with Crippen molar-refractivity contribution in [2.24, 2.45) is 0 Å². The summed E-state index contributed by atoms with van der Waals surface area (Å²) in [7, 11) is 0. The first-order valence-corrected chi connectivity index (χ1v) is 6.64. The minimum atomic E-state index is 0.486. The molecule has 1 aliphatic heterocycles. The third-order valence-corrected chi connectivity index (χ3v) is 3.86. The molecule has 0 spiro atoms. The van der Waals surface area contributed by atoms with Gasteiger partial charge in [0.15, 0.2) is 0 Å². The van der Waals surface area contributed by atoms with Crippen LogP contribution >= 0.6 is 15.9 Å². The number of nitrogens with one attached hydrogen (secondary N) is 1. The molecule has 1 N–H and O–H groups in total. The van der Waals surface area contributed by atoms with Crippen LogP contribution in [0.1, 0.15) is 30.3 Å². The van der Waals surface area contributed by atoms with E-state index in [-0.39, 0.29) is 0 Å². The second-order valence-electron chi connectivity index (χ2n) is 4.40. The maximum absolute atomic E-state index is 5.41. The van der Waals surface area contributed by atoms with Crippen molar-refractivity contribution in [3.63, 3.8) is 0 Å². The number of rotatable bonds is 1. The van der Waals surface area contributed by atoms with Gasteiger partial charge in [-0.25, -0.2) is 9.97 Å². The SMILES string of the molecule is Cc1nc(C2CCOCC2)c2c(Br)c[nH]c2n1. The van der Waals surface area contributed by atoms with Crippen LogP contribution in [0.4, 0.5) is 0 Å². The third-order valence-electron chi connectivity index (χ3n) is 3.23. The summed E-state index contributed by atoms with van der Waals surface area (Å²) in [5.41, 5.74) is 2.08. The zero-order chi connectivity index (χ0) is 11.8. The van der Waals surface area contributed by atoms with E-state index in [1.807, 2.05) is 13.1 Å². The van der Waals surface area contributed by atoms with Gasteiger partial charge in [0.25, 0.3) is 0 Å². The minimum absolute atomic E-state index is 0.486. The number of nitrogens with zero attached hydrogens (tertiary/aromatic N) is 2. The van der Waals surface area contributed by atoms with Crippen molar-refractivity contribution < 1.29 is 4.74 Å². The average Bonchev–Trinajstić information content (AvgIpc) is 2.71. The monoisotopic (exact) mass is 295 g/mol. The number of ether oxygens (including phenoxy) is 1. The van der Waals surface area contributed by atoms with Crippen LogP contribution < -0.4 is 0 Å². The highest BCUT2D eigenvalue weighted by Gasteiger charge is 2.22. The molecular weight excluding hydrogens is 282 g/mol. The standard InChI is InChI=1S/C12H14BrN3O/c1-7-15-11(8-2-4-17-5-3-8)10-9(13)6-14-12(10)16-7/h6,8H,2-5H2,1H3,(H,14,15,16). The van der Waals surface area contributed by atoms with Gasteiger partial charge >= 0.3 is 0 Å². The highest BCUT2D eigenvalue weighted by atomic mass is 79.9. The summed E-state index contributed by atoms with van der Waals surface area (Å²) >= 11 is 3.57. The van der Waals surface area contributed by atoms with E-state index in [9.17, 15) is 0 Å². The number of aromatic amines is 1. The molecule has 17 heavy (non-hydrogen) atoms. The van der Waals surface area contributed by atoms with Crippen LogP contribution in [-0.4, -0.2) is 28.2 Å². The highest BCUT2D eigenvalue weighted by Crippen LogP contribution is 2.34. The van der Waals surface area contributed by atoms with Crippen molar-refractivity contribution in [1.82, 2.24) is 15.0 Å². The molecule has 0 bridgehead atoms. The van der Waals surface area contributed by atoms with Gasteiger partial charge in [0.2, 0.25) is 0 Å². The summed E-state index contributed by atoms with van der Waals surface area (Å²) in [5.74, 6) is 1.31. The molecule has 0 unspecified atom stereocenters. The summed E-state index contributed by atoms with van der Waals surface area (Å²) in [6, 6.07) is 0. The summed E-state index contributed by atoms with van der Waals surface area (Å²) in [6.45, 7) is 3.60. The Morgan fingerprint density at radius 3 is 2.88 bits per heavy atom. The van der Waals surface area contributed by atoms with Crippen molar-refractivity contribution >= 4 is 27.0 Å². The van der Waals surface area contributed by atoms with Crippen LogP contribution in [-0.2, 0) is 4.74 Å². The summed E-state index contributed by atoms with van der Waals surface area (Å²) in [6.07, 6.45) is 4.02. The van der Waals surface area contributed by atoms with E-state index >= 15 is 0 Å². The second kappa shape index (κ2) is 4.38. The fourth-order valence-electron chi connectivity index (χ4n) is 2.40. The molecule has 3 heterocycles. The Labute approximate surface area is 108 Å². The van der Waals surface area contributed by atoms with Crippen molar-refractivity contribution in [2.45, 2.75) is 25.7 Å². The molecule has 0 saturated carbocycles. The molecule has 3 rings (SSSR count). The largest absolute Gasteiger partial charge is 0.381 e. The molecule has 2 aromatic heterocycles. The average molecular weight is 296 g/mol. The first kappa shape index (κ1) is 11.2. The van der Waals surface area contributed by atoms with Crippen LogP contribution in [0, 0.1) is 6.92 Å². The normalized spacial score (nSPS) is 17.8. The Hall–Kier alpha value is -0.940. The quantitative estimate of drug-likeness (QED) is 0.880. The summed E-state index contributed by atoms with van der Waals surface area (Å²) in [5, 5.41) is 1.13. The Morgan fingerprint density at radius 2 is 2.12 bits per heavy atom. The molecule has 0 amide bonds. The first-order chi connectivity index (χ1) is 8.25. The highest BCUT2D eigenvalue weighted by molar-refractivity contribution is 9.10. The van der Waals surface area contributed by atoms with E-state index in [1.54, 1.807) is 0 Å². The molecule has 4 nitrogen and oxygen atoms in total. The van der Waals surface area contributed by atoms with Gasteiger partial charge < -0.3 is 9.72 Å². The molecule has 0 atom stereocenters. The van der Waals surface area contributed by atoms with Gasteiger partial charge in [-0.3, -0.25) is 0 Å². The molecule has 0 radical (unpaired) electrons. The van der Waals surface area contributed by atoms with Gasteiger partial charge in [-0.2, -0.15) is 0 Å². The van der Waals surface area contributed by atoms with Gasteiger partial charge in [0.1, 0.15) is 11.5 Å². The molecule has 0 aromatic carbocycles. The number of aromatic nitrogens is 3. The van der Waals surface area contributed by atoms with E-state index in [1.165, 1.54) is 0 Å². The van der Waals surface area contributed by atoms with Gasteiger partial charge in [-0.05, 0) is 35.7 Å². The van der Waals surface area contributed by atoms with E-state index < -0.39 is 0 Å². The molecule has 0 aliphatic carbocycles. The number of H-pyrrole nitrogens is 1. The smallest absolute Gasteiger partial charge is 0.142 e. The Balaban J connectivity index is 2.15. The number of fused-ring (bicyclic) bond motifs is 1. The lowest BCUT2D eigenvalue weighted by molar-refractivity contribution is 0.0847. The van der Waals surface area contributed by atoms with Gasteiger partial charge in [0.05, 0.1) is 11.1 Å². The second-order valence-corrected chi connectivity index (χ2v) is 5.26. The molecule has 1 aliphatic rings. The third kappa shape index (κ3) is 1.98. The van der Waals surface area contributed by atoms with E-state index in [4.69, 9.17) is 4.74 Å². The summed E-state index contributed by atoms with van der Waals surface area (Å²) in [4.78, 5) is 12.2. The van der Waals surface area contributed by atoms with Crippen molar-refractivity contribution in [3.8, 4) is 0 Å². The number of halogens is 1. The first-order valence-electron chi connectivity index (χ1n) is 5.84. The van der Waals surface area contributed by atoms with E-state index in [0.29, 0.717) is 5.92 Å². The van der Waals surface area contributed by atoms with Crippen LogP contribution in [0.2, 0.25) is 0 Å². The maximum atomic E-state index is 5.41. The topological polar surface area (TPSA) is 50.8 Å². The fourth-order valence-corrected chi connectivity index (χ4v) is 2.91. The molecule has 90 valence electrons. The Kier molecular flexibility index (Phi) is 2.88. The van der Waals surface area contributed by atoms with Gasteiger partial charge in [0, 0.05) is 29.8 Å². The van der Waals surface area contributed by atoms with Crippen molar-refractivity contribution in [3.05, 3.63) is 22.2 Å². The van der Waals surface area contributed by atoms with E-state index in [0.717, 1.165) is 53.1 Å². The zero-order valence-electron chi connectivity index (χ0n) is 9.66. The Morgan fingerprint density at radius 1 is 1.35 bits per heavy atom. The lowest BCUT2D eigenvalue weighted by atomic mass is 9.94. The molecule has 1 saturated heterocycles. The van der Waals surface area contributed by atoms with Crippen LogP contribution in [0.3, 0.4) is 0 Å². The Bertz CT molecular complexity index is 546. The predicted octanol–water partition coefficient (Wildman–Crippen LogP) is 2.92. The maximum Gasteiger partial charge on any atom is 0.142 e. The number of hydrogen-bond acceptors (Lipinski definition) is 3.